The lowest BCUT2D eigenvalue weighted by Crippen LogP contribution is -2.27. The van der Waals surface area contributed by atoms with Crippen molar-refractivity contribution in [1.29, 1.82) is 0 Å². The summed E-state index contributed by atoms with van der Waals surface area (Å²) >= 11 is 1.50. The van der Waals surface area contributed by atoms with Crippen molar-refractivity contribution in [1.82, 2.24) is 9.38 Å². The van der Waals surface area contributed by atoms with Crippen LogP contribution in [-0.4, -0.2) is 21.2 Å². The number of thiophene rings is 1. The van der Waals surface area contributed by atoms with Crippen LogP contribution in [0.4, 0.5) is 5.00 Å². The van der Waals surface area contributed by atoms with Gasteiger partial charge in [0.2, 0.25) is 5.91 Å². The van der Waals surface area contributed by atoms with Crippen molar-refractivity contribution in [3.63, 3.8) is 0 Å². The Labute approximate surface area is 180 Å². The van der Waals surface area contributed by atoms with Gasteiger partial charge in [0.25, 0.3) is 5.91 Å². The average Bonchev–Trinajstić information content (AvgIpc) is 3.21. The number of rotatable bonds is 4. The van der Waals surface area contributed by atoms with Crippen molar-refractivity contribution in [3.05, 3.63) is 51.8 Å². The number of nitrogens with zero attached hydrogens (tertiary/aromatic N) is 2. The zero-order valence-electron chi connectivity index (χ0n) is 17.9. The lowest BCUT2D eigenvalue weighted by Gasteiger charge is -2.33. The van der Waals surface area contributed by atoms with E-state index in [1.54, 1.807) is 0 Å². The van der Waals surface area contributed by atoms with E-state index < -0.39 is 5.91 Å². The monoisotopic (exact) mass is 424 g/mol. The van der Waals surface area contributed by atoms with Gasteiger partial charge in [0.05, 0.1) is 17.7 Å². The number of primary amides is 1. The van der Waals surface area contributed by atoms with Gasteiger partial charge >= 0.3 is 0 Å². The second-order valence-electron chi connectivity index (χ2n) is 9.26. The summed E-state index contributed by atoms with van der Waals surface area (Å²) in [5, 5.41) is 3.52. The highest BCUT2D eigenvalue weighted by Crippen LogP contribution is 2.44. The van der Waals surface area contributed by atoms with E-state index in [0.717, 1.165) is 36.0 Å². The van der Waals surface area contributed by atoms with Crippen LogP contribution in [0.1, 0.15) is 59.2 Å². The number of carbonyl (C=O) groups is 2. The van der Waals surface area contributed by atoms with Crippen LogP contribution in [-0.2, 0) is 24.1 Å². The number of aromatic nitrogens is 2. The summed E-state index contributed by atoms with van der Waals surface area (Å²) in [7, 11) is 0. The molecule has 0 bridgehead atoms. The number of nitrogens with one attached hydrogen (secondary N) is 1. The zero-order valence-corrected chi connectivity index (χ0v) is 18.7. The first-order chi connectivity index (χ1) is 14.1. The minimum atomic E-state index is -0.472. The highest BCUT2D eigenvalue weighted by atomic mass is 32.1. The van der Waals surface area contributed by atoms with Crippen LogP contribution in [0.15, 0.2) is 24.5 Å². The zero-order chi connectivity index (χ0) is 21.6. The van der Waals surface area contributed by atoms with E-state index in [0.29, 0.717) is 22.2 Å². The molecule has 0 saturated heterocycles. The number of hydrogen-bond donors (Lipinski definition) is 2. The number of imidazole rings is 1. The molecule has 0 aromatic carbocycles. The minimum Gasteiger partial charge on any atom is -0.365 e. The highest BCUT2D eigenvalue weighted by molar-refractivity contribution is 7.17. The van der Waals surface area contributed by atoms with Gasteiger partial charge in [0.15, 0.2) is 0 Å². The molecule has 0 saturated carbocycles. The molecule has 0 radical (unpaired) electrons. The lowest BCUT2D eigenvalue weighted by molar-refractivity contribution is -0.115. The van der Waals surface area contributed by atoms with Crippen molar-refractivity contribution < 1.29 is 9.59 Å². The summed E-state index contributed by atoms with van der Waals surface area (Å²) in [5.41, 5.74) is 10.0. The molecular weight excluding hydrogens is 396 g/mol. The van der Waals surface area contributed by atoms with E-state index in [-0.39, 0.29) is 17.7 Å². The number of nitrogens with two attached hydrogens (primary N) is 1. The molecule has 158 valence electrons. The smallest absolute Gasteiger partial charge is 0.251 e. The van der Waals surface area contributed by atoms with Gasteiger partial charge in [-0.2, -0.15) is 0 Å². The fourth-order valence-electron chi connectivity index (χ4n) is 4.30. The Bertz CT molecular complexity index is 1140. The molecule has 1 atom stereocenters. The van der Waals surface area contributed by atoms with Crippen LogP contribution in [0.5, 0.6) is 0 Å². The number of pyridine rings is 1. The van der Waals surface area contributed by atoms with E-state index in [9.17, 15) is 9.59 Å². The molecule has 1 aliphatic rings. The molecule has 6 nitrogen and oxygen atoms in total. The summed E-state index contributed by atoms with van der Waals surface area (Å²) < 4.78 is 1.92. The molecule has 1 aliphatic carbocycles. The maximum Gasteiger partial charge on any atom is 0.251 e. The second kappa shape index (κ2) is 7.54. The molecule has 2 amide bonds. The van der Waals surface area contributed by atoms with Crippen LogP contribution in [0, 0.1) is 18.3 Å². The Hall–Kier alpha value is -2.67. The van der Waals surface area contributed by atoms with Crippen molar-refractivity contribution in [2.24, 2.45) is 17.1 Å². The van der Waals surface area contributed by atoms with Gasteiger partial charge in [0.1, 0.15) is 10.6 Å². The van der Waals surface area contributed by atoms with Crippen LogP contribution >= 0.6 is 11.3 Å². The number of carbonyl (C=O) groups excluding carboxylic acids is 2. The molecule has 1 unspecified atom stereocenters. The molecule has 3 heterocycles. The normalized spacial score (nSPS) is 16.5. The minimum absolute atomic E-state index is 0.145. The van der Waals surface area contributed by atoms with E-state index in [1.165, 1.54) is 16.2 Å². The number of anilines is 1. The van der Waals surface area contributed by atoms with Crippen LogP contribution in [0.2, 0.25) is 0 Å². The van der Waals surface area contributed by atoms with E-state index in [1.807, 2.05) is 35.9 Å². The van der Waals surface area contributed by atoms with Gasteiger partial charge in [-0.15, -0.1) is 11.3 Å². The summed E-state index contributed by atoms with van der Waals surface area (Å²) in [6, 6.07) is 3.94. The number of hydrogen-bond acceptors (Lipinski definition) is 4. The van der Waals surface area contributed by atoms with Crippen molar-refractivity contribution in [2.75, 3.05) is 5.32 Å². The van der Waals surface area contributed by atoms with E-state index in [4.69, 9.17) is 5.73 Å². The van der Waals surface area contributed by atoms with Crippen LogP contribution in [0.25, 0.3) is 5.65 Å². The molecule has 0 fully saturated rings. The van der Waals surface area contributed by atoms with Gasteiger partial charge in [-0.1, -0.05) is 26.8 Å². The van der Waals surface area contributed by atoms with Gasteiger partial charge < -0.3 is 15.5 Å². The maximum absolute atomic E-state index is 12.7. The Balaban J connectivity index is 1.56. The molecular formula is C23H28N4O2S. The third kappa shape index (κ3) is 3.86. The van der Waals surface area contributed by atoms with Gasteiger partial charge in [-0.3, -0.25) is 9.59 Å². The standard InChI is InChI=1S/C23H28N4O2S/c1-13-6-5-9-27-12-15(25-21(13)27)11-18(28)26-22-19(20(24)29)16-8-7-14(23(2,3)4)10-17(16)30-22/h5-6,9,12,14H,7-8,10-11H2,1-4H3,(H2,24,29)(H,26,28). The summed E-state index contributed by atoms with van der Waals surface area (Å²) in [5.74, 6) is -0.112. The molecule has 0 spiro atoms. The van der Waals surface area contributed by atoms with Crippen LogP contribution < -0.4 is 11.1 Å². The van der Waals surface area contributed by atoms with E-state index >= 15 is 0 Å². The fourth-order valence-corrected chi connectivity index (χ4v) is 5.65. The first-order valence-electron chi connectivity index (χ1n) is 10.3. The third-order valence-electron chi connectivity index (χ3n) is 6.06. The molecule has 0 aliphatic heterocycles. The Morgan fingerprint density at radius 1 is 1.37 bits per heavy atom. The number of amides is 2. The molecule has 4 rings (SSSR count). The van der Waals surface area contributed by atoms with Gasteiger partial charge in [-0.05, 0) is 54.7 Å². The third-order valence-corrected chi connectivity index (χ3v) is 7.23. The summed E-state index contributed by atoms with van der Waals surface area (Å²) in [4.78, 5) is 30.7. The largest absolute Gasteiger partial charge is 0.365 e. The van der Waals surface area contributed by atoms with Gasteiger partial charge in [-0.25, -0.2) is 4.98 Å². The van der Waals surface area contributed by atoms with Crippen molar-refractivity contribution >= 4 is 33.8 Å². The lowest BCUT2D eigenvalue weighted by atomic mass is 9.72. The molecule has 3 N–H and O–H groups in total. The van der Waals surface area contributed by atoms with Crippen LogP contribution in [0.3, 0.4) is 0 Å². The topological polar surface area (TPSA) is 89.5 Å². The highest BCUT2D eigenvalue weighted by Gasteiger charge is 2.33. The maximum atomic E-state index is 12.7. The van der Waals surface area contributed by atoms with Gasteiger partial charge in [0, 0.05) is 17.3 Å². The predicted octanol–water partition coefficient (Wildman–Crippen LogP) is 4.14. The Kier molecular flexibility index (Phi) is 5.18. The molecule has 3 aromatic heterocycles. The Morgan fingerprint density at radius 3 is 2.80 bits per heavy atom. The molecule has 30 heavy (non-hydrogen) atoms. The fraction of sp³-hybridized carbons (Fsp3) is 0.435. The molecule has 7 heteroatoms. The first-order valence-corrected chi connectivity index (χ1v) is 11.1. The summed E-state index contributed by atoms with van der Waals surface area (Å²) in [6.07, 6.45) is 6.71. The quantitative estimate of drug-likeness (QED) is 0.660. The predicted molar refractivity (Wildman–Crippen MR) is 120 cm³/mol. The first kappa shape index (κ1) is 20.6. The second-order valence-corrected chi connectivity index (χ2v) is 10.4. The SMILES string of the molecule is Cc1cccn2cc(CC(=O)Nc3sc4c(c3C(N)=O)CCC(C(C)(C)C)C4)nc12. The van der Waals surface area contributed by atoms with E-state index in [2.05, 4.69) is 31.1 Å². The molecule has 3 aromatic rings. The number of fused-ring (bicyclic) bond motifs is 2. The number of aryl methyl sites for hydroxylation is 1. The average molecular weight is 425 g/mol. The van der Waals surface area contributed by atoms with Crippen molar-refractivity contribution in [2.45, 2.75) is 53.4 Å². The van der Waals surface area contributed by atoms with Crippen molar-refractivity contribution in [3.8, 4) is 0 Å². The summed E-state index contributed by atoms with van der Waals surface area (Å²) in [6.45, 7) is 8.76. The Morgan fingerprint density at radius 2 is 2.13 bits per heavy atom.